The van der Waals surface area contributed by atoms with Crippen LogP contribution >= 0.6 is 0 Å². The summed E-state index contributed by atoms with van der Waals surface area (Å²) in [7, 11) is 1.59. The van der Waals surface area contributed by atoms with Crippen molar-refractivity contribution in [2.75, 3.05) is 12.4 Å². The van der Waals surface area contributed by atoms with Gasteiger partial charge in [-0.3, -0.25) is 10.1 Å². The Hall–Kier alpha value is -2.70. The number of carbonyl (C=O) groups excluding carboxylic acids is 1. The molecule has 0 fully saturated rings. The summed E-state index contributed by atoms with van der Waals surface area (Å²) in [5, 5.41) is 15.2. The number of carbonyl (C=O) groups is 1. The van der Waals surface area contributed by atoms with Crippen molar-refractivity contribution in [2.24, 2.45) is 0 Å². The van der Waals surface area contributed by atoms with Crippen molar-refractivity contribution < 1.29 is 9.53 Å². The molecule has 7 nitrogen and oxygen atoms in total. The zero-order chi connectivity index (χ0) is 12.8. The van der Waals surface area contributed by atoms with Gasteiger partial charge >= 0.3 is 0 Å². The minimum absolute atomic E-state index is 0.135. The lowest BCUT2D eigenvalue weighted by molar-refractivity contribution is -0.111. The summed E-state index contributed by atoms with van der Waals surface area (Å²) < 4.78 is 5.08. The minimum Gasteiger partial charge on any atom is -0.497 e. The van der Waals surface area contributed by atoms with Gasteiger partial charge in [0.15, 0.2) is 0 Å². The maximum absolute atomic E-state index is 11.5. The van der Waals surface area contributed by atoms with Gasteiger partial charge in [0.05, 0.1) is 7.11 Å². The largest absolute Gasteiger partial charge is 0.497 e. The third kappa shape index (κ3) is 3.14. The number of anilines is 1. The molecule has 2 N–H and O–H groups in total. The van der Waals surface area contributed by atoms with Crippen molar-refractivity contribution in [3.05, 3.63) is 35.9 Å². The van der Waals surface area contributed by atoms with E-state index in [4.69, 9.17) is 4.74 Å². The zero-order valence-electron chi connectivity index (χ0n) is 9.62. The Labute approximate surface area is 103 Å². The molecule has 18 heavy (non-hydrogen) atoms. The first-order chi connectivity index (χ1) is 8.78. The zero-order valence-corrected chi connectivity index (χ0v) is 9.62. The minimum atomic E-state index is -0.334. The Morgan fingerprint density at radius 2 is 2.39 bits per heavy atom. The van der Waals surface area contributed by atoms with Crippen molar-refractivity contribution in [3.63, 3.8) is 0 Å². The lowest BCUT2D eigenvalue weighted by Gasteiger charge is -1.99. The second-order valence-electron chi connectivity index (χ2n) is 3.33. The molecule has 0 saturated heterocycles. The molecule has 0 bridgehead atoms. The first-order valence-corrected chi connectivity index (χ1v) is 5.14. The van der Waals surface area contributed by atoms with E-state index in [1.807, 2.05) is 24.3 Å². The summed E-state index contributed by atoms with van der Waals surface area (Å²) in [6, 6.07) is 7.35. The molecule has 1 amide bonds. The average molecular weight is 245 g/mol. The highest BCUT2D eigenvalue weighted by molar-refractivity contribution is 6.00. The Bertz CT molecular complexity index is 550. The standard InChI is InChI=1S/C11H11N5O2/c1-18-9-4-2-3-8(7-9)5-6-10(17)12-11-13-15-16-14-11/h2-7H,1H3,(H2,12,13,14,15,16,17)/b6-5+. The van der Waals surface area contributed by atoms with Gasteiger partial charge in [0, 0.05) is 6.08 Å². The number of rotatable bonds is 4. The van der Waals surface area contributed by atoms with E-state index in [9.17, 15) is 4.79 Å². The number of tetrazole rings is 1. The fourth-order valence-electron chi connectivity index (χ4n) is 1.28. The second kappa shape index (κ2) is 5.58. The first kappa shape index (κ1) is 11.8. The summed E-state index contributed by atoms with van der Waals surface area (Å²) in [6.07, 6.45) is 3.04. The molecule has 0 aliphatic heterocycles. The molecule has 0 radical (unpaired) electrons. The number of nitrogens with one attached hydrogen (secondary N) is 2. The molecule has 0 unspecified atom stereocenters. The number of ether oxygens (including phenoxy) is 1. The van der Waals surface area contributed by atoms with Crippen LogP contribution in [-0.2, 0) is 4.79 Å². The number of hydrogen-bond donors (Lipinski definition) is 2. The Balaban J connectivity index is 1.99. The molecule has 0 spiro atoms. The molecule has 0 aliphatic carbocycles. The van der Waals surface area contributed by atoms with Gasteiger partial charge < -0.3 is 4.74 Å². The van der Waals surface area contributed by atoms with Gasteiger partial charge in [0.25, 0.3) is 11.9 Å². The fraction of sp³-hybridized carbons (Fsp3) is 0.0909. The van der Waals surface area contributed by atoms with Crippen LogP contribution in [0, 0.1) is 0 Å². The van der Waals surface area contributed by atoms with Gasteiger partial charge in [-0.05, 0) is 29.0 Å². The Morgan fingerprint density at radius 1 is 1.50 bits per heavy atom. The van der Waals surface area contributed by atoms with Gasteiger partial charge in [-0.2, -0.15) is 5.21 Å². The molecule has 1 aromatic carbocycles. The van der Waals surface area contributed by atoms with Crippen LogP contribution in [0.2, 0.25) is 0 Å². The number of aromatic amines is 1. The van der Waals surface area contributed by atoms with E-state index in [1.165, 1.54) is 6.08 Å². The van der Waals surface area contributed by atoms with Gasteiger partial charge in [0.1, 0.15) is 5.75 Å². The number of amides is 1. The van der Waals surface area contributed by atoms with Crippen LogP contribution < -0.4 is 10.1 Å². The van der Waals surface area contributed by atoms with Gasteiger partial charge in [-0.15, -0.1) is 5.10 Å². The number of benzene rings is 1. The third-order valence-corrected chi connectivity index (χ3v) is 2.10. The predicted molar refractivity (Wildman–Crippen MR) is 64.8 cm³/mol. The highest BCUT2D eigenvalue weighted by Gasteiger charge is 2.01. The van der Waals surface area contributed by atoms with Crippen molar-refractivity contribution in [3.8, 4) is 5.75 Å². The molecular weight excluding hydrogens is 234 g/mol. The van der Waals surface area contributed by atoms with E-state index in [-0.39, 0.29) is 11.9 Å². The van der Waals surface area contributed by atoms with Crippen LogP contribution in [-0.4, -0.2) is 33.6 Å². The third-order valence-electron chi connectivity index (χ3n) is 2.10. The molecule has 2 aromatic rings. The maximum atomic E-state index is 11.5. The van der Waals surface area contributed by atoms with E-state index in [1.54, 1.807) is 13.2 Å². The van der Waals surface area contributed by atoms with Crippen molar-refractivity contribution in [1.82, 2.24) is 20.6 Å². The molecule has 1 aromatic heterocycles. The Kier molecular flexibility index (Phi) is 3.65. The summed E-state index contributed by atoms with van der Waals surface area (Å²) in [4.78, 5) is 11.5. The van der Waals surface area contributed by atoms with Crippen LogP contribution in [0.5, 0.6) is 5.75 Å². The van der Waals surface area contributed by atoms with Gasteiger partial charge in [-0.1, -0.05) is 17.2 Å². The summed E-state index contributed by atoms with van der Waals surface area (Å²) in [6.45, 7) is 0. The maximum Gasteiger partial charge on any atom is 0.270 e. The highest BCUT2D eigenvalue weighted by Crippen LogP contribution is 2.13. The molecule has 92 valence electrons. The van der Waals surface area contributed by atoms with E-state index in [0.717, 1.165) is 11.3 Å². The van der Waals surface area contributed by atoms with E-state index < -0.39 is 0 Å². The van der Waals surface area contributed by atoms with Crippen LogP contribution in [0.1, 0.15) is 5.56 Å². The molecule has 1 heterocycles. The van der Waals surface area contributed by atoms with Crippen molar-refractivity contribution >= 4 is 17.9 Å². The number of H-pyrrole nitrogens is 1. The number of aromatic nitrogens is 4. The lowest BCUT2D eigenvalue weighted by Crippen LogP contribution is -2.09. The average Bonchev–Trinajstić information content (AvgIpc) is 2.89. The van der Waals surface area contributed by atoms with Crippen LogP contribution in [0.3, 0.4) is 0 Å². The smallest absolute Gasteiger partial charge is 0.270 e. The lowest BCUT2D eigenvalue weighted by atomic mass is 10.2. The Morgan fingerprint density at radius 3 is 3.11 bits per heavy atom. The molecule has 2 rings (SSSR count). The molecule has 7 heteroatoms. The van der Waals surface area contributed by atoms with E-state index >= 15 is 0 Å². The van der Waals surface area contributed by atoms with Crippen LogP contribution in [0.4, 0.5) is 5.95 Å². The van der Waals surface area contributed by atoms with Gasteiger partial charge in [-0.25, -0.2) is 0 Å². The van der Waals surface area contributed by atoms with Crippen molar-refractivity contribution in [1.29, 1.82) is 0 Å². The molecule has 0 atom stereocenters. The quantitative estimate of drug-likeness (QED) is 0.779. The first-order valence-electron chi connectivity index (χ1n) is 5.14. The number of nitrogens with zero attached hydrogens (tertiary/aromatic N) is 3. The predicted octanol–water partition coefficient (Wildman–Crippen LogP) is 0.860. The summed E-state index contributed by atoms with van der Waals surface area (Å²) >= 11 is 0. The van der Waals surface area contributed by atoms with E-state index in [0.29, 0.717) is 0 Å². The molecular formula is C11H11N5O2. The van der Waals surface area contributed by atoms with E-state index in [2.05, 4.69) is 25.9 Å². The topological polar surface area (TPSA) is 92.8 Å². The summed E-state index contributed by atoms with van der Waals surface area (Å²) in [5.74, 6) is 0.533. The molecule has 0 saturated carbocycles. The fourth-order valence-corrected chi connectivity index (χ4v) is 1.28. The van der Waals surface area contributed by atoms with Crippen LogP contribution in [0.25, 0.3) is 6.08 Å². The van der Waals surface area contributed by atoms with Crippen molar-refractivity contribution in [2.45, 2.75) is 0 Å². The van der Waals surface area contributed by atoms with Crippen LogP contribution in [0.15, 0.2) is 30.3 Å². The monoisotopic (exact) mass is 245 g/mol. The second-order valence-corrected chi connectivity index (χ2v) is 3.33. The number of methoxy groups -OCH3 is 1. The normalized spacial score (nSPS) is 10.5. The SMILES string of the molecule is COc1cccc(/C=C/C(=O)Nc2nn[nH]n2)c1. The number of hydrogen-bond acceptors (Lipinski definition) is 5. The molecule has 0 aliphatic rings. The van der Waals surface area contributed by atoms with Gasteiger partial charge in [0.2, 0.25) is 0 Å². The summed E-state index contributed by atoms with van der Waals surface area (Å²) in [5.41, 5.74) is 0.859. The highest BCUT2D eigenvalue weighted by atomic mass is 16.5.